The van der Waals surface area contributed by atoms with Crippen LogP contribution in [0.15, 0.2) is 12.1 Å². The van der Waals surface area contributed by atoms with Crippen LogP contribution in [-0.4, -0.2) is 16.2 Å². The Bertz CT molecular complexity index is 473. The first-order chi connectivity index (χ1) is 8.93. The predicted molar refractivity (Wildman–Crippen MR) is 88.7 cm³/mol. The van der Waals surface area contributed by atoms with Crippen LogP contribution in [0, 0.1) is 0 Å². The summed E-state index contributed by atoms with van der Waals surface area (Å²) in [6, 6.07) is 3.88. The fraction of sp³-hybridized carbons (Fsp3) is 0.588. The molecule has 0 fully saturated rings. The van der Waals surface area contributed by atoms with Gasteiger partial charge in [0.25, 0.3) is 0 Å². The lowest BCUT2D eigenvalue weighted by atomic mass is 9.78. The van der Waals surface area contributed by atoms with Crippen LogP contribution in [0.2, 0.25) is 0 Å². The number of aliphatic carboxylic acids is 1. The number of hydrogen-bond donors (Lipinski definition) is 2. The molecule has 0 radical (unpaired) electrons. The van der Waals surface area contributed by atoms with Gasteiger partial charge in [-0.3, -0.25) is 4.79 Å². The standard InChI is InChI=1S/C17H26O3.ClH/c1-16(2,3)12-9-11(7-8-14(18)19)10-13(15(12)20)17(4,5)6;/h9-10,20H,7-8H2,1-6H3,(H,18,19);1H. The summed E-state index contributed by atoms with van der Waals surface area (Å²) in [4.78, 5) is 10.8. The van der Waals surface area contributed by atoms with Gasteiger partial charge in [0.1, 0.15) is 5.75 Å². The highest BCUT2D eigenvalue weighted by Crippen LogP contribution is 2.39. The van der Waals surface area contributed by atoms with Gasteiger partial charge in [0.2, 0.25) is 0 Å². The van der Waals surface area contributed by atoms with Crippen molar-refractivity contribution in [3.63, 3.8) is 0 Å². The number of benzene rings is 1. The maximum absolute atomic E-state index is 10.8. The lowest BCUT2D eigenvalue weighted by Crippen LogP contribution is -2.18. The van der Waals surface area contributed by atoms with E-state index >= 15 is 0 Å². The van der Waals surface area contributed by atoms with E-state index in [2.05, 4.69) is 41.5 Å². The Kier molecular flexibility index (Phi) is 6.31. The molecule has 1 aromatic carbocycles. The molecule has 0 aliphatic heterocycles. The van der Waals surface area contributed by atoms with E-state index in [9.17, 15) is 9.90 Å². The number of phenolic OH excluding ortho intramolecular Hbond substituents is 1. The van der Waals surface area contributed by atoms with E-state index in [1.165, 1.54) is 0 Å². The van der Waals surface area contributed by atoms with Crippen LogP contribution in [0.3, 0.4) is 0 Å². The zero-order valence-corrected chi connectivity index (χ0v) is 14.6. The molecule has 21 heavy (non-hydrogen) atoms. The van der Waals surface area contributed by atoms with E-state index in [1.807, 2.05) is 12.1 Å². The fourth-order valence-electron chi connectivity index (χ4n) is 2.23. The number of hydrogen-bond acceptors (Lipinski definition) is 2. The van der Waals surface area contributed by atoms with E-state index in [0.29, 0.717) is 12.2 Å². The Morgan fingerprint density at radius 1 is 1.00 bits per heavy atom. The SMILES string of the molecule is CC(C)(C)c1cc(CCC(=O)O)cc(C(C)(C)C)c1O.Cl. The number of aryl methyl sites for hydroxylation is 1. The smallest absolute Gasteiger partial charge is 0.303 e. The second-order valence-electron chi connectivity index (χ2n) is 7.43. The van der Waals surface area contributed by atoms with Gasteiger partial charge in [0, 0.05) is 6.42 Å². The van der Waals surface area contributed by atoms with Crippen LogP contribution in [-0.2, 0) is 22.0 Å². The maximum atomic E-state index is 10.8. The summed E-state index contributed by atoms with van der Waals surface area (Å²) in [5.74, 6) is -0.461. The zero-order chi connectivity index (χ0) is 15.7. The summed E-state index contributed by atoms with van der Waals surface area (Å²) in [6.07, 6.45) is 0.597. The molecule has 0 heterocycles. The van der Waals surface area contributed by atoms with Crippen LogP contribution in [0.25, 0.3) is 0 Å². The molecule has 0 unspecified atom stereocenters. The van der Waals surface area contributed by atoms with Crippen molar-refractivity contribution in [2.45, 2.75) is 65.2 Å². The molecule has 0 saturated carbocycles. The number of carboxylic acid groups (broad SMARTS) is 1. The van der Waals surface area contributed by atoms with Crippen molar-refractivity contribution in [3.05, 3.63) is 28.8 Å². The second-order valence-corrected chi connectivity index (χ2v) is 7.43. The monoisotopic (exact) mass is 314 g/mol. The number of carboxylic acids is 1. The molecule has 2 N–H and O–H groups in total. The van der Waals surface area contributed by atoms with E-state index in [0.717, 1.165) is 16.7 Å². The van der Waals surface area contributed by atoms with E-state index in [-0.39, 0.29) is 29.7 Å². The third-order valence-electron chi connectivity index (χ3n) is 3.41. The van der Waals surface area contributed by atoms with Crippen molar-refractivity contribution in [2.24, 2.45) is 0 Å². The molecule has 0 bridgehead atoms. The molecule has 3 nitrogen and oxygen atoms in total. The van der Waals surface area contributed by atoms with Crippen LogP contribution >= 0.6 is 12.4 Å². The van der Waals surface area contributed by atoms with Gasteiger partial charge in [0.05, 0.1) is 0 Å². The molecule has 4 heteroatoms. The first-order valence-electron chi connectivity index (χ1n) is 7.01. The maximum Gasteiger partial charge on any atom is 0.303 e. The minimum absolute atomic E-state index is 0. The van der Waals surface area contributed by atoms with Crippen LogP contribution in [0.5, 0.6) is 5.75 Å². The Balaban J connectivity index is 0.00000400. The summed E-state index contributed by atoms with van der Waals surface area (Å²) in [7, 11) is 0. The van der Waals surface area contributed by atoms with Gasteiger partial charge < -0.3 is 10.2 Å². The van der Waals surface area contributed by atoms with Gasteiger partial charge in [-0.2, -0.15) is 0 Å². The number of phenols is 1. The first-order valence-corrected chi connectivity index (χ1v) is 7.01. The molecule has 1 aromatic rings. The molecular formula is C17H27ClO3. The quantitative estimate of drug-likeness (QED) is 0.868. The van der Waals surface area contributed by atoms with Crippen LogP contribution in [0.1, 0.15) is 64.7 Å². The predicted octanol–water partition coefficient (Wildman–Crippen LogP) is 4.43. The third kappa shape index (κ3) is 5.24. The van der Waals surface area contributed by atoms with Crippen molar-refractivity contribution in [2.75, 3.05) is 0 Å². The highest BCUT2D eigenvalue weighted by Gasteiger charge is 2.26. The molecular weight excluding hydrogens is 288 g/mol. The van der Waals surface area contributed by atoms with Crippen molar-refractivity contribution in [1.29, 1.82) is 0 Å². The number of rotatable bonds is 3. The molecule has 0 atom stereocenters. The lowest BCUT2D eigenvalue weighted by Gasteiger charge is -2.28. The number of aromatic hydroxyl groups is 1. The fourth-order valence-corrected chi connectivity index (χ4v) is 2.23. The highest BCUT2D eigenvalue weighted by atomic mass is 35.5. The molecule has 120 valence electrons. The van der Waals surface area contributed by atoms with Crippen molar-refractivity contribution in [1.82, 2.24) is 0 Å². The summed E-state index contributed by atoms with van der Waals surface area (Å²) in [5.41, 5.74) is 2.38. The number of halogens is 1. The second kappa shape index (κ2) is 6.69. The van der Waals surface area contributed by atoms with Crippen molar-refractivity contribution in [3.8, 4) is 5.75 Å². The van der Waals surface area contributed by atoms with Gasteiger partial charge in [-0.05, 0) is 33.9 Å². The molecule has 1 rings (SSSR count). The minimum atomic E-state index is -0.798. The summed E-state index contributed by atoms with van der Waals surface area (Å²) in [5, 5.41) is 19.4. The Labute approximate surface area is 133 Å². The van der Waals surface area contributed by atoms with Crippen LogP contribution < -0.4 is 0 Å². The molecule has 0 saturated heterocycles. The molecule has 0 amide bonds. The van der Waals surface area contributed by atoms with E-state index in [1.54, 1.807) is 0 Å². The Morgan fingerprint density at radius 3 is 1.67 bits per heavy atom. The van der Waals surface area contributed by atoms with E-state index in [4.69, 9.17) is 5.11 Å². The normalized spacial score (nSPS) is 11.9. The summed E-state index contributed by atoms with van der Waals surface area (Å²) < 4.78 is 0. The lowest BCUT2D eigenvalue weighted by molar-refractivity contribution is -0.136. The molecule has 0 aromatic heterocycles. The third-order valence-corrected chi connectivity index (χ3v) is 3.41. The summed E-state index contributed by atoms with van der Waals surface area (Å²) >= 11 is 0. The first kappa shape index (κ1) is 19.8. The summed E-state index contributed by atoms with van der Waals surface area (Å²) in [6.45, 7) is 12.3. The van der Waals surface area contributed by atoms with E-state index < -0.39 is 5.97 Å². The van der Waals surface area contributed by atoms with Gasteiger partial charge in [-0.1, -0.05) is 53.7 Å². The highest BCUT2D eigenvalue weighted by molar-refractivity contribution is 5.85. The largest absolute Gasteiger partial charge is 0.507 e. The van der Waals surface area contributed by atoms with Gasteiger partial charge in [0.15, 0.2) is 0 Å². The topological polar surface area (TPSA) is 57.5 Å². The molecule has 0 aliphatic carbocycles. The van der Waals surface area contributed by atoms with Crippen LogP contribution in [0.4, 0.5) is 0 Å². The molecule has 0 spiro atoms. The zero-order valence-electron chi connectivity index (χ0n) is 13.8. The van der Waals surface area contributed by atoms with Gasteiger partial charge in [-0.15, -0.1) is 12.4 Å². The molecule has 0 aliphatic rings. The number of carbonyl (C=O) groups is 1. The van der Waals surface area contributed by atoms with Crippen molar-refractivity contribution < 1.29 is 15.0 Å². The average Bonchev–Trinajstić information content (AvgIpc) is 2.24. The Morgan fingerprint density at radius 2 is 1.38 bits per heavy atom. The van der Waals surface area contributed by atoms with Gasteiger partial charge in [-0.25, -0.2) is 0 Å². The minimum Gasteiger partial charge on any atom is -0.507 e. The van der Waals surface area contributed by atoms with Crippen molar-refractivity contribution >= 4 is 18.4 Å². The van der Waals surface area contributed by atoms with Gasteiger partial charge >= 0.3 is 5.97 Å². The average molecular weight is 315 g/mol. The Hall–Kier alpha value is -1.22.